The van der Waals surface area contributed by atoms with Gasteiger partial charge < -0.3 is 15.5 Å². The quantitative estimate of drug-likeness (QED) is 0.789. The summed E-state index contributed by atoms with van der Waals surface area (Å²) in [5, 5.41) is 6.67. The van der Waals surface area contributed by atoms with Crippen LogP contribution in [0.15, 0.2) is 18.5 Å². The molecule has 3 atom stereocenters. The van der Waals surface area contributed by atoms with Gasteiger partial charge in [-0.1, -0.05) is 6.92 Å². The molecule has 3 unspecified atom stereocenters. The Labute approximate surface area is 168 Å². The third kappa shape index (κ3) is 6.56. The van der Waals surface area contributed by atoms with Crippen molar-refractivity contribution in [3.8, 4) is 0 Å². The van der Waals surface area contributed by atoms with Gasteiger partial charge in [-0.3, -0.25) is 4.79 Å². The van der Waals surface area contributed by atoms with Gasteiger partial charge in [-0.25, -0.2) is 9.97 Å². The minimum Gasteiger partial charge on any atom is -0.352 e. The van der Waals surface area contributed by atoms with Crippen LogP contribution in [0.5, 0.6) is 0 Å². The van der Waals surface area contributed by atoms with Crippen LogP contribution >= 0.6 is 24.8 Å². The summed E-state index contributed by atoms with van der Waals surface area (Å²) >= 11 is 0. The summed E-state index contributed by atoms with van der Waals surface area (Å²) in [4.78, 5) is 23.2. The maximum Gasteiger partial charge on any atom is 0.225 e. The second kappa shape index (κ2) is 11.6. The molecule has 0 aliphatic carbocycles. The van der Waals surface area contributed by atoms with Crippen LogP contribution in [0.2, 0.25) is 0 Å². The Balaban J connectivity index is 0.00000169. The molecular formula is C18H31Cl2N5O. The van der Waals surface area contributed by atoms with Gasteiger partial charge in [0, 0.05) is 37.9 Å². The first kappa shape index (κ1) is 22.9. The van der Waals surface area contributed by atoms with Gasteiger partial charge in [0.05, 0.1) is 0 Å². The van der Waals surface area contributed by atoms with Gasteiger partial charge in [-0.2, -0.15) is 0 Å². The number of anilines is 1. The van der Waals surface area contributed by atoms with Crippen LogP contribution in [-0.2, 0) is 4.79 Å². The lowest BCUT2D eigenvalue weighted by Gasteiger charge is -2.33. The van der Waals surface area contributed by atoms with E-state index < -0.39 is 0 Å². The van der Waals surface area contributed by atoms with Gasteiger partial charge >= 0.3 is 0 Å². The molecule has 1 aromatic heterocycles. The average Bonchev–Trinajstić information content (AvgIpc) is 2.63. The van der Waals surface area contributed by atoms with Crippen molar-refractivity contribution in [2.24, 2.45) is 11.8 Å². The third-order valence-corrected chi connectivity index (χ3v) is 5.27. The first-order valence-electron chi connectivity index (χ1n) is 9.24. The molecule has 1 aromatic rings. The number of carbonyl (C=O) groups excluding carboxylic acids is 1. The molecule has 6 nitrogen and oxygen atoms in total. The van der Waals surface area contributed by atoms with Crippen molar-refractivity contribution in [2.45, 2.75) is 45.1 Å². The molecule has 2 fully saturated rings. The summed E-state index contributed by atoms with van der Waals surface area (Å²) in [5.41, 5.74) is 0. The van der Waals surface area contributed by atoms with Crippen molar-refractivity contribution in [2.75, 3.05) is 31.1 Å². The first-order chi connectivity index (χ1) is 11.7. The lowest BCUT2D eigenvalue weighted by atomic mass is 9.85. The monoisotopic (exact) mass is 403 g/mol. The van der Waals surface area contributed by atoms with Gasteiger partial charge in [0.2, 0.25) is 11.9 Å². The van der Waals surface area contributed by atoms with Crippen molar-refractivity contribution >= 4 is 36.7 Å². The highest BCUT2D eigenvalue weighted by Crippen LogP contribution is 2.23. The standard InChI is InChI=1S/C18H29N5O.2ClH/c1-14(15-5-2-7-19-12-15)11-17(24)22-16-6-3-10-23(13-16)18-20-8-4-9-21-18;;/h4,8-9,14-16,19H,2-3,5-7,10-13H2,1H3,(H,22,24);2*1H. The molecule has 0 bridgehead atoms. The number of amides is 1. The van der Waals surface area contributed by atoms with Gasteiger partial charge in [0.25, 0.3) is 0 Å². The summed E-state index contributed by atoms with van der Waals surface area (Å²) < 4.78 is 0. The molecule has 3 heterocycles. The fourth-order valence-corrected chi connectivity index (χ4v) is 3.84. The van der Waals surface area contributed by atoms with Crippen molar-refractivity contribution in [3.63, 3.8) is 0 Å². The van der Waals surface area contributed by atoms with E-state index in [0.29, 0.717) is 18.3 Å². The van der Waals surface area contributed by atoms with Gasteiger partial charge in [0.15, 0.2) is 0 Å². The highest BCUT2D eigenvalue weighted by molar-refractivity contribution is 5.85. The lowest BCUT2D eigenvalue weighted by molar-refractivity contribution is -0.123. The molecule has 26 heavy (non-hydrogen) atoms. The molecule has 0 saturated carbocycles. The molecule has 2 aliphatic heterocycles. The van der Waals surface area contributed by atoms with Gasteiger partial charge in [0.1, 0.15) is 0 Å². The fourth-order valence-electron chi connectivity index (χ4n) is 3.84. The average molecular weight is 404 g/mol. The Hall–Kier alpha value is -1.11. The van der Waals surface area contributed by atoms with E-state index in [9.17, 15) is 4.79 Å². The Morgan fingerprint density at radius 3 is 2.77 bits per heavy atom. The molecular weight excluding hydrogens is 373 g/mol. The second-order valence-corrected chi connectivity index (χ2v) is 7.19. The number of carbonyl (C=O) groups is 1. The number of nitrogens with one attached hydrogen (secondary N) is 2. The van der Waals surface area contributed by atoms with Crippen LogP contribution in [0, 0.1) is 11.8 Å². The summed E-state index contributed by atoms with van der Waals surface area (Å²) in [6, 6.07) is 2.03. The van der Waals surface area contributed by atoms with Crippen LogP contribution in [0.3, 0.4) is 0 Å². The minimum absolute atomic E-state index is 0. The van der Waals surface area contributed by atoms with Crippen molar-refractivity contribution < 1.29 is 4.79 Å². The Bertz CT molecular complexity index is 528. The molecule has 2 N–H and O–H groups in total. The normalized spacial score (nSPS) is 24.0. The van der Waals surface area contributed by atoms with E-state index in [2.05, 4.69) is 32.4 Å². The Kier molecular flexibility index (Phi) is 10.2. The molecule has 0 aromatic carbocycles. The highest BCUT2D eigenvalue weighted by atomic mass is 35.5. The predicted molar refractivity (Wildman–Crippen MR) is 109 cm³/mol. The van der Waals surface area contributed by atoms with Crippen molar-refractivity contribution in [1.82, 2.24) is 20.6 Å². The van der Waals surface area contributed by atoms with E-state index in [0.717, 1.165) is 45.0 Å². The molecule has 2 aliphatic rings. The number of halogens is 2. The predicted octanol–water partition coefficient (Wildman–Crippen LogP) is 2.43. The van der Waals surface area contributed by atoms with E-state index in [1.807, 2.05) is 6.07 Å². The Morgan fingerprint density at radius 2 is 2.08 bits per heavy atom. The van der Waals surface area contributed by atoms with E-state index >= 15 is 0 Å². The first-order valence-corrected chi connectivity index (χ1v) is 9.24. The van der Waals surface area contributed by atoms with E-state index in [4.69, 9.17) is 0 Å². The number of rotatable bonds is 5. The van der Waals surface area contributed by atoms with Gasteiger partial charge in [-0.15, -0.1) is 24.8 Å². The zero-order chi connectivity index (χ0) is 16.8. The number of aromatic nitrogens is 2. The molecule has 8 heteroatoms. The van der Waals surface area contributed by atoms with E-state index in [1.54, 1.807) is 12.4 Å². The summed E-state index contributed by atoms with van der Waals surface area (Å²) in [6.45, 7) is 6.14. The topological polar surface area (TPSA) is 70.2 Å². The Morgan fingerprint density at radius 1 is 1.31 bits per heavy atom. The van der Waals surface area contributed by atoms with Crippen molar-refractivity contribution in [3.05, 3.63) is 18.5 Å². The maximum absolute atomic E-state index is 12.4. The number of nitrogens with zero attached hydrogens (tertiary/aromatic N) is 3. The minimum atomic E-state index is 0. The fraction of sp³-hybridized carbons (Fsp3) is 0.722. The maximum atomic E-state index is 12.4. The number of hydrogen-bond donors (Lipinski definition) is 2. The molecule has 1 amide bonds. The number of hydrogen-bond acceptors (Lipinski definition) is 5. The number of piperidine rings is 2. The largest absolute Gasteiger partial charge is 0.352 e. The molecule has 148 valence electrons. The zero-order valence-corrected chi connectivity index (χ0v) is 17.0. The summed E-state index contributed by atoms with van der Waals surface area (Å²) in [6.07, 6.45) is 8.73. The molecule has 0 radical (unpaired) electrons. The SMILES string of the molecule is CC(CC(=O)NC1CCCN(c2ncccn2)C1)C1CCCNC1.Cl.Cl. The molecule has 0 spiro atoms. The van der Waals surface area contributed by atoms with Crippen LogP contribution in [0.1, 0.15) is 39.0 Å². The van der Waals surface area contributed by atoms with Crippen LogP contribution in [-0.4, -0.2) is 48.1 Å². The molecule has 2 saturated heterocycles. The van der Waals surface area contributed by atoms with E-state index in [-0.39, 0.29) is 36.8 Å². The summed E-state index contributed by atoms with van der Waals surface area (Å²) in [5.74, 6) is 2.02. The lowest BCUT2D eigenvalue weighted by Crippen LogP contribution is -2.48. The van der Waals surface area contributed by atoms with Gasteiger partial charge in [-0.05, 0) is 56.7 Å². The summed E-state index contributed by atoms with van der Waals surface area (Å²) in [7, 11) is 0. The van der Waals surface area contributed by atoms with Crippen molar-refractivity contribution in [1.29, 1.82) is 0 Å². The van der Waals surface area contributed by atoms with E-state index in [1.165, 1.54) is 12.8 Å². The van der Waals surface area contributed by atoms with Crippen LogP contribution < -0.4 is 15.5 Å². The molecule has 3 rings (SSSR count). The highest BCUT2D eigenvalue weighted by Gasteiger charge is 2.25. The zero-order valence-electron chi connectivity index (χ0n) is 15.4. The third-order valence-electron chi connectivity index (χ3n) is 5.27. The smallest absolute Gasteiger partial charge is 0.225 e. The second-order valence-electron chi connectivity index (χ2n) is 7.19. The van der Waals surface area contributed by atoms with Crippen LogP contribution in [0.4, 0.5) is 5.95 Å². The van der Waals surface area contributed by atoms with Crippen LogP contribution in [0.25, 0.3) is 0 Å².